The van der Waals surface area contributed by atoms with Gasteiger partial charge in [-0.1, -0.05) is 15.9 Å². The lowest BCUT2D eigenvalue weighted by Gasteiger charge is -2.14. The van der Waals surface area contributed by atoms with E-state index in [0.717, 1.165) is 22.8 Å². The van der Waals surface area contributed by atoms with Crippen molar-refractivity contribution in [2.75, 3.05) is 26.8 Å². The van der Waals surface area contributed by atoms with E-state index < -0.39 is 0 Å². The summed E-state index contributed by atoms with van der Waals surface area (Å²) in [7, 11) is 4.88. The van der Waals surface area contributed by atoms with Crippen LogP contribution >= 0.6 is 15.9 Å². The second-order valence-corrected chi connectivity index (χ2v) is 3.63. The molecule has 0 aromatic heterocycles. The smallest absolute Gasteiger partial charge is 0.130 e. The Balaban J connectivity index is 3.09. The van der Waals surface area contributed by atoms with Gasteiger partial charge in [0.25, 0.3) is 0 Å². The molecule has 16 heavy (non-hydrogen) atoms. The number of hydrogen-bond donors (Lipinski definition) is 1. The highest BCUT2D eigenvalue weighted by atomic mass is 79.9. The third-order valence-corrected chi connectivity index (χ3v) is 2.61. The van der Waals surface area contributed by atoms with E-state index in [9.17, 15) is 0 Å². The number of rotatable bonds is 6. The van der Waals surface area contributed by atoms with Crippen molar-refractivity contribution in [1.82, 2.24) is 5.32 Å². The second kappa shape index (κ2) is 6.60. The van der Waals surface area contributed by atoms with Crippen molar-refractivity contribution < 1.29 is 14.2 Å². The molecule has 0 amide bonds. The van der Waals surface area contributed by atoms with Crippen LogP contribution in [0.1, 0.15) is 5.56 Å². The maximum Gasteiger partial charge on any atom is 0.130 e. The van der Waals surface area contributed by atoms with Crippen LogP contribution in [0.2, 0.25) is 0 Å². The summed E-state index contributed by atoms with van der Waals surface area (Å²) < 4.78 is 15.8. The molecule has 0 aliphatic rings. The van der Waals surface area contributed by atoms with Gasteiger partial charge in [0.05, 0.1) is 32.3 Å². The molecule has 1 aromatic rings. The maximum atomic E-state index is 5.31. The maximum absolute atomic E-state index is 5.31. The highest BCUT2D eigenvalue weighted by Crippen LogP contribution is 2.33. The largest absolute Gasteiger partial charge is 0.496 e. The van der Waals surface area contributed by atoms with E-state index in [-0.39, 0.29) is 0 Å². The third-order valence-electron chi connectivity index (χ3n) is 2.21. The summed E-state index contributed by atoms with van der Waals surface area (Å²) in [5.74, 6) is 2.23. The normalized spacial score (nSPS) is 10.0. The molecule has 0 aliphatic carbocycles. The van der Waals surface area contributed by atoms with Gasteiger partial charge in [-0.25, -0.2) is 0 Å². The first kappa shape index (κ1) is 13.1. The van der Waals surface area contributed by atoms with Crippen LogP contribution in [0.5, 0.6) is 17.2 Å². The lowest BCUT2D eigenvalue weighted by Crippen LogP contribution is -2.12. The van der Waals surface area contributed by atoms with E-state index in [1.165, 1.54) is 0 Å². The quantitative estimate of drug-likeness (QED) is 0.644. The Hall–Kier alpha value is -0.940. The van der Waals surface area contributed by atoms with Crippen molar-refractivity contribution in [3.63, 3.8) is 0 Å². The van der Waals surface area contributed by atoms with Gasteiger partial charge in [-0.3, -0.25) is 0 Å². The van der Waals surface area contributed by atoms with Gasteiger partial charge in [0.15, 0.2) is 0 Å². The first-order chi connectivity index (χ1) is 7.76. The van der Waals surface area contributed by atoms with Crippen molar-refractivity contribution in [2.45, 2.75) is 6.54 Å². The highest BCUT2D eigenvalue weighted by molar-refractivity contribution is 9.09. The van der Waals surface area contributed by atoms with E-state index >= 15 is 0 Å². The number of ether oxygens (including phenoxy) is 3. The molecule has 0 unspecified atom stereocenters. The molecular weight excluding hydrogens is 274 g/mol. The van der Waals surface area contributed by atoms with Gasteiger partial charge < -0.3 is 19.5 Å². The van der Waals surface area contributed by atoms with E-state index in [2.05, 4.69) is 21.2 Å². The fourth-order valence-electron chi connectivity index (χ4n) is 1.42. The predicted molar refractivity (Wildman–Crippen MR) is 66.7 cm³/mol. The SMILES string of the molecule is COc1cc(OC)c(CNCBr)c(OC)c1. The van der Waals surface area contributed by atoms with Crippen molar-refractivity contribution in [2.24, 2.45) is 0 Å². The number of hydrogen-bond acceptors (Lipinski definition) is 4. The molecule has 0 aliphatic heterocycles. The lowest BCUT2D eigenvalue weighted by atomic mass is 10.1. The molecule has 5 heteroatoms. The van der Waals surface area contributed by atoms with Gasteiger partial charge in [-0.15, -0.1) is 0 Å². The Kier molecular flexibility index (Phi) is 5.42. The molecule has 0 heterocycles. The van der Waals surface area contributed by atoms with E-state index in [1.807, 2.05) is 12.1 Å². The molecule has 4 nitrogen and oxygen atoms in total. The summed E-state index contributed by atoms with van der Waals surface area (Å²) in [6.45, 7) is 0.668. The number of nitrogens with one attached hydrogen (secondary N) is 1. The number of benzene rings is 1. The van der Waals surface area contributed by atoms with Crippen molar-refractivity contribution in [3.8, 4) is 17.2 Å². The van der Waals surface area contributed by atoms with Crippen molar-refractivity contribution in [1.29, 1.82) is 0 Å². The molecule has 1 rings (SSSR count). The van der Waals surface area contributed by atoms with Crippen LogP contribution in [0.4, 0.5) is 0 Å². The summed E-state index contributed by atoms with van der Waals surface area (Å²) in [6.07, 6.45) is 0. The molecular formula is C11H16BrNO3. The van der Waals surface area contributed by atoms with Crippen LogP contribution in [-0.2, 0) is 6.54 Å². The van der Waals surface area contributed by atoms with E-state index in [4.69, 9.17) is 14.2 Å². The van der Waals surface area contributed by atoms with Crippen LogP contribution in [0, 0.1) is 0 Å². The zero-order chi connectivity index (χ0) is 12.0. The Morgan fingerprint density at radius 3 is 2.00 bits per heavy atom. The Labute approximate surface area is 104 Å². The van der Waals surface area contributed by atoms with E-state index in [0.29, 0.717) is 12.0 Å². The van der Waals surface area contributed by atoms with Crippen LogP contribution < -0.4 is 19.5 Å². The third kappa shape index (κ3) is 3.02. The molecule has 90 valence electrons. The van der Waals surface area contributed by atoms with Crippen LogP contribution in [0.3, 0.4) is 0 Å². The minimum atomic E-state index is 0.668. The monoisotopic (exact) mass is 289 g/mol. The number of halogens is 1. The molecule has 0 spiro atoms. The zero-order valence-corrected chi connectivity index (χ0v) is 11.3. The van der Waals surface area contributed by atoms with Gasteiger partial charge in [0, 0.05) is 18.7 Å². The Morgan fingerprint density at radius 1 is 1.06 bits per heavy atom. The van der Waals surface area contributed by atoms with Crippen LogP contribution in [0.25, 0.3) is 0 Å². The molecule has 0 fully saturated rings. The molecule has 0 saturated heterocycles. The standard InChI is InChI=1S/C11H16BrNO3/c1-14-8-4-10(15-2)9(6-13-7-12)11(5-8)16-3/h4-5,13H,6-7H2,1-3H3. The topological polar surface area (TPSA) is 39.7 Å². The van der Waals surface area contributed by atoms with Gasteiger partial charge in [0.1, 0.15) is 17.2 Å². The molecule has 0 atom stereocenters. The second-order valence-electron chi connectivity index (χ2n) is 3.07. The van der Waals surface area contributed by atoms with Gasteiger partial charge in [0.2, 0.25) is 0 Å². The van der Waals surface area contributed by atoms with Gasteiger partial charge in [-0.2, -0.15) is 0 Å². The summed E-state index contributed by atoms with van der Waals surface area (Å²) in [6, 6.07) is 3.68. The molecule has 0 bridgehead atoms. The summed E-state index contributed by atoms with van der Waals surface area (Å²) in [4.78, 5) is 0. The molecule has 0 saturated carbocycles. The zero-order valence-electron chi connectivity index (χ0n) is 9.67. The fourth-order valence-corrected chi connectivity index (χ4v) is 1.62. The van der Waals surface area contributed by atoms with Crippen molar-refractivity contribution >= 4 is 15.9 Å². The average Bonchev–Trinajstić information content (AvgIpc) is 2.35. The summed E-state index contributed by atoms with van der Waals surface area (Å²) >= 11 is 3.31. The molecule has 1 N–H and O–H groups in total. The number of alkyl halides is 1. The molecule has 0 radical (unpaired) electrons. The fraction of sp³-hybridized carbons (Fsp3) is 0.455. The molecule has 1 aromatic carbocycles. The Morgan fingerprint density at radius 2 is 1.62 bits per heavy atom. The predicted octanol–water partition coefficient (Wildman–Crippen LogP) is 2.15. The van der Waals surface area contributed by atoms with Crippen molar-refractivity contribution in [3.05, 3.63) is 17.7 Å². The van der Waals surface area contributed by atoms with E-state index in [1.54, 1.807) is 21.3 Å². The highest BCUT2D eigenvalue weighted by Gasteiger charge is 2.12. The van der Waals surface area contributed by atoms with Crippen LogP contribution in [-0.4, -0.2) is 26.8 Å². The Bertz CT molecular complexity index is 319. The summed E-state index contributed by atoms with van der Waals surface area (Å²) in [5.41, 5.74) is 1.69. The van der Waals surface area contributed by atoms with Crippen LogP contribution in [0.15, 0.2) is 12.1 Å². The first-order valence-electron chi connectivity index (χ1n) is 4.82. The van der Waals surface area contributed by atoms with Gasteiger partial charge >= 0.3 is 0 Å². The minimum Gasteiger partial charge on any atom is -0.496 e. The average molecular weight is 290 g/mol. The first-order valence-corrected chi connectivity index (χ1v) is 5.94. The number of methoxy groups -OCH3 is 3. The lowest BCUT2D eigenvalue weighted by molar-refractivity contribution is 0.367. The summed E-state index contributed by atoms with van der Waals surface area (Å²) in [5, 5.41) is 3.17. The van der Waals surface area contributed by atoms with Gasteiger partial charge in [-0.05, 0) is 0 Å². The minimum absolute atomic E-state index is 0.668.